The van der Waals surface area contributed by atoms with E-state index in [0.717, 1.165) is 23.5 Å². The van der Waals surface area contributed by atoms with Gasteiger partial charge in [-0.15, -0.1) is 0 Å². The molecule has 0 fully saturated rings. The number of hydrogen-bond acceptors (Lipinski definition) is 6. The fraction of sp³-hybridized carbons (Fsp3) is 0.280. The molecule has 7 nitrogen and oxygen atoms in total. The first-order valence-corrected chi connectivity index (χ1v) is 10.7. The van der Waals surface area contributed by atoms with Crippen molar-refractivity contribution in [2.75, 3.05) is 37.5 Å². The summed E-state index contributed by atoms with van der Waals surface area (Å²) >= 11 is 0. The number of anilines is 2. The summed E-state index contributed by atoms with van der Waals surface area (Å²) in [5.74, 6) is 2.34. The number of aromatic nitrogens is 1. The van der Waals surface area contributed by atoms with Gasteiger partial charge in [0.1, 0.15) is 11.6 Å². The zero-order valence-corrected chi connectivity index (χ0v) is 18.7. The highest BCUT2D eigenvalue weighted by Gasteiger charge is 2.14. The third-order valence-corrected chi connectivity index (χ3v) is 4.72. The van der Waals surface area contributed by atoms with Gasteiger partial charge in [0.25, 0.3) is 5.91 Å². The molecule has 0 radical (unpaired) electrons. The molecule has 1 heterocycles. The molecule has 168 valence electrons. The third kappa shape index (κ3) is 5.91. The predicted molar refractivity (Wildman–Crippen MR) is 126 cm³/mol. The van der Waals surface area contributed by atoms with Crippen molar-refractivity contribution in [3.63, 3.8) is 0 Å². The molecule has 0 aliphatic carbocycles. The second-order valence-electron chi connectivity index (χ2n) is 6.88. The number of para-hydroxylation sites is 2. The smallest absolute Gasteiger partial charge is 0.259 e. The van der Waals surface area contributed by atoms with Crippen LogP contribution in [0.15, 0.2) is 60.8 Å². The van der Waals surface area contributed by atoms with Crippen LogP contribution in [0, 0.1) is 0 Å². The average Bonchev–Trinajstić information content (AvgIpc) is 2.81. The second kappa shape index (κ2) is 11.6. The third-order valence-electron chi connectivity index (χ3n) is 4.72. The van der Waals surface area contributed by atoms with Crippen molar-refractivity contribution in [3.8, 4) is 17.2 Å². The van der Waals surface area contributed by atoms with E-state index in [9.17, 15) is 4.79 Å². The van der Waals surface area contributed by atoms with E-state index >= 15 is 0 Å². The van der Waals surface area contributed by atoms with Crippen LogP contribution in [0.25, 0.3) is 0 Å². The molecule has 3 rings (SSSR count). The number of hydrogen-bond donors (Lipinski definition) is 2. The molecular formula is C25H29N3O4. The van der Waals surface area contributed by atoms with E-state index in [1.165, 1.54) is 0 Å². The fourth-order valence-corrected chi connectivity index (χ4v) is 3.24. The average molecular weight is 436 g/mol. The second-order valence-corrected chi connectivity index (χ2v) is 6.88. The number of ether oxygens (including phenoxy) is 3. The maximum Gasteiger partial charge on any atom is 0.259 e. The lowest BCUT2D eigenvalue weighted by atomic mass is 10.1. The van der Waals surface area contributed by atoms with Crippen LogP contribution in [-0.4, -0.2) is 37.8 Å². The van der Waals surface area contributed by atoms with Crippen LogP contribution in [0.3, 0.4) is 0 Å². The number of pyridine rings is 1. The summed E-state index contributed by atoms with van der Waals surface area (Å²) in [6.07, 6.45) is 2.39. The standard InChI is InChI=1S/C25H29N3O4/c1-4-31-22-13-12-18(17-23(22)32-5-2)14-16-27-24-19(9-8-15-26-24)25(29)28-20-10-6-7-11-21(20)30-3/h6-13,15,17H,4-5,14,16H2,1-3H3,(H,26,27)(H,28,29). The first-order valence-electron chi connectivity index (χ1n) is 10.7. The summed E-state index contributed by atoms with van der Waals surface area (Å²) in [6, 6.07) is 16.7. The molecule has 0 bridgehead atoms. The van der Waals surface area contributed by atoms with E-state index in [1.54, 1.807) is 37.6 Å². The summed E-state index contributed by atoms with van der Waals surface area (Å²) in [7, 11) is 1.57. The summed E-state index contributed by atoms with van der Waals surface area (Å²) in [4.78, 5) is 17.2. The lowest BCUT2D eigenvalue weighted by Crippen LogP contribution is -2.17. The molecule has 3 aromatic rings. The molecule has 0 saturated heterocycles. The van der Waals surface area contributed by atoms with Crippen LogP contribution >= 0.6 is 0 Å². The van der Waals surface area contributed by atoms with Crippen LogP contribution in [0.1, 0.15) is 29.8 Å². The maximum atomic E-state index is 12.9. The van der Waals surface area contributed by atoms with E-state index in [1.807, 2.05) is 44.2 Å². The molecule has 32 heavy (non-hydrogen) atoms. The van der Waals surface area contributed by atoms with Crippen LogP contribution in [0.5, 0.6) is 17.2 Å². The molecular weight excluding hydrogens is 406 g/mol. The van der Waals surface area contributed by atoms with Crippen LogP contribution in [0.4, 0.5) is 11.5 Å². The van der Waals surface area contributed by atoms with Gasteiger partial charge in [0.15, 0.2) is 11.5 Å². The first-order chi connectivity index (χ1) is 15.7. The Balaban J connectivity index is 1.67. The lowest BCUT2D eigenvalue weighted by Gasteiger charge is -2.14. The van der Waals surface area contributed by atoms with E-state index < -0.39 is 0 Å². The number of carbonyl (C=O) groups is 1. The van der Waals surface area contributed by atoms with E-state index in [2.05, 4.69) is 15.6 Å². The normalized spacial score (nSPS) is 10.3. The van der Waals surface area contributed by atoms with Crippen molar-refractivity contribution in [2.45, 2.75) is 20.3 Å². The molecule has 0 atom stereocenters. The molecule has 7 heteroatoms. The molecule has 2 aromatic carbocycles. The molecule has 0 unspecified atom stereocenters. The highest BCUT2D eigenvalue weighted by Crippen LogP contribution is 2.29. The molecule has 0 saturated carbocycles. The molecule has 0 aliphatic rings. The Morgan fingerprint density at radius 3 is 2.50 bits per heavy atom. The molecule has 1 aromatic heterocycles. The quantitative estimate of drug-likeness (QED) is 0.451. The summed E-state index contributed by atoms with van der Waals surface area (Å²) in [5, 5.41) is 6.16. The van der Waals surface area contributed by atoms with Gasteiger partial charge in [0, 0.05) is 12.7 Å². The van der Waals surface area contributed by atoms with Crippen LogP contribution in [0.2, 0.25) is 0 Å². The Morgan fingerprint density at radius 1 is 0.938 bits per heavy atom. The number of nitrogens with one attached hydrogen (secondary N) is 2. The number of rotatable bonds is 11. The number of amides is 1. The number of benzene rings is 2. The Hall–Kier alpha value is -3.74. The number of nitrogens with zero attached hydrogens (tertiary/aromatic N) is 1. The predicted octanol–water partition coefficient (Wildman–Crippen LogP) is 4.79. The minimum absolute atomic E-state index is 0.259. The molecule has 1 amide bonds. The number of carbonyl (C=O) groups excluding carboxylic acids is 1. The SMILES string of the molecule is CCOc1ccc(CCNc2ncccc2C(=O)Nc2ccccc2OC)cc1OCC. The van der Waals surface area contributed by atoms with Crippen molar-refractivity contribution in [1.29, 1.82) is 0 Å². The first kappa shape index (κ1) is 22.9. The van der Waals surface area contributed by atoms with E-state index in [4.69, 9.17) is 14.2 Å². The Kier molecular flexibility index (Phi) is 8.31. The van der Waals surface area contributed by atoms with Gasteiger partial charge in [0.2, 0.25) is 0 Å². The Labute approximate surface area is 188 Å². The van der Waals surface area contributed by atoms with Gasteiger partial charge in [-0.25, -0.2) is 4.98 Å². The minimum atomic E-state index is -0.259. The van der Waals surface area contributed by atoms with Crippen LogP contribution in [-0.2, 0) is 6.42 Å². The van der Waals surface area contributed by atoms with Gasteiger partial charge < -0.3 is 24.8 Å². The Bertz CT molecular complexity index is 1040. The summed E-state index contributed by atoms with van der Waals surface area (Å²) < 4.78 is 16.6. The van der Waals surface area contributed by atoms with Crippen molar-refractivity contribution in [3.05, 3.63) is 71.9 Å². The van der Waals surface area contributed by atoms with Gasteiger partial charge in [-0.3, -0.25) is 4.79 Å². The van der Waals surface area contributed by atoms with Gasteiger partial charge >= 0.3 is 0 Å². The monoisotopic (exact) mass is 435 g/mol. The molecule has 0 aliphatic heterocycles. The van der Waals surface area contributed by atoms with Gasteiger partial charge in [-0.1, -0.05) is 18.2 Å². The van der Waals surface area contributed by atoms with Crippen molar-refractivity contribution >= 4 is 17.4 Å². The topological polar surface area (TPSA) is 81.7 Å². The fourth-order valence-electron chi connectivity index (χ4n) is 3.24. The van der Waals surface area contributed by atoms with Gasteiger partial charge in [0.05, 0.1) is 31.6 Å². The van der Waals surface area contributed by atoms with Gasteiger partial charge in [-0.05, 0) is 62.2 Å². The zero-order chi connectivity index (χ0) is 22.8. The van der Waals surface area contributed by atoms with Gasteiger partial charge in [-0.2, -0.15) is 0 Å². The highest BCUT2D eigenvalue weighted by atomic mass is 16.5. The largest absolute Gasteiger partial charge is 0.495 e. The zero-order valence-electron chi connectivity index (χ0n) is 18.7. The maximum absolute atomic E-state index is 12.9. The van der Waals surface area contributed by atoms with E-state index in [0.29, 0.717) is 42.6 Å². The van der Waals surface area contributed by atoms with E-state index in [-0.39, 0.29) is 5.91 Å². The van der Waals surface area contributed by atoms with Crippen LogP contribution < -0.4 is 24.8 Å². The highest BCUT2D eigenvalue weighted by molar-refractivity contribution is 6.08. The summed E-state index contributed by atoms with van der Waals surface area (Å²) in [5.41, 5.74) is 2.16. The molecule has 0 spiro atoms. The Morgan fingerprint density at radius 2 is 1.72 bits per heavy atom. The summed E-state index contributed by atoms with van der Waals surface area (Å²) in [6.45, 7) is 5.65. The van der Waals surface area contributed by atoms with Crippen molar-refractivity contribution in [2.24, 2.45) is 0 Å². The van der Waals surface area contributed by atoms with Crippen molar-refractivity contribution < 1.29 is 19.0 Å². The molecule has 2 N–H and O–H groups in total. The number of methoxy groups -OCH3 is 1. The lowest BCUT2D eigenvalue weighted by molar-refractivity contribution is 0.102. The minimum Gasteiger partial charge on any atom is -0.495 e. The van der Waals surface area contributed by atoms with Crippen molar-refractivity contribution in [1.82, 2.24) is 4.98 Å².